The third kappa shape index (κ3) is 4.45. The monoisotopic (exact) mass is 306 g/mol. The van der Waals surface area contributed by atoms with Gasteiger partial charge in [-0.2, -0.15) is 4.72 Å². The summed E-state index contributed by atoms with van der Waals surface area (Å²) in [7, 11) is -3.99. The van der Waals surface area contributed by atoms with Gasteiger partial charge in [0.15, 0.2) is 0 Å². The van der Waals surface area contributed by atoms with Crippen molar-refractivity contribution in [2.75, 3.05) is 0 Å². The van der Waals surface area contributed by atoms with Gasteiger partial charge >= 0.3 is 5.97 Å². The topological polar surface area (TPSA) is 96.4 Å². The van der Waals surface area contributed by atoms with E-state index in [1.54, 1.807) is 0 Å². The summed E-state index contributed by atoms with van der Waals surface area (Å²) >= 11 is 5.70. The minimum absolute atomic E-state index is 0.186. The molecule has 1 aromatic heterocycles. The number of sulfonamides is 1. The van der Waals surface area contributed by atoms with Gasteiger partial charge in [0.1, 0.15) is 16.1 Å². The van der Waals surface area contributed by atoms with E-state index in [9.17, 15) is 13.2 Å². The Labute approximate surface area is 116 Å². The third-order valence-electron chi connectivity index (χ3n) is 2.46. The second-order valence-corrected chi connectivity index (χ2v) is 5.99. The summed E-state index contributed by atoms with van der Waals surface area (Å²) < 4.78 is 26.2. The number of nitrogens with zero attached hydrogens (tertiary/aromatic N) is 1. The first-order valence-electron chi connectivity index (χ1n) is 5.74. The zero-order valence-electron chi connectivity index (χ0n) is 10.3. The van der Waals surface area contributed by atoms with Crippen molar-refractivity contribution in [1.82, 2.24) is 9.71 Å². The molecule has 0 radical (unpaired) electrons. The Bertz CT molecular complexity index is 547. The standard InChI is InChI=1S/C11H15ClN2O4S/c1-2-3-5-8(11(15)16)14-19(17,18)9-6-4-7-13-10(9)12/h4,6-8,14H,2-3,5H2,1H3,(H,15,16)/t8-/m0/s1. The summed E-state index contributed by atoms with van der Waals surface area (Å²) in [6.45, 7) is 1.89. The molecule has 1 heterocycles. The molecule has 8 heteroatoms. The Morgan fingerprint density at radius 3 is 2.79 bits per heavy atom. The quantitative estimate of drug-likeness (QED) is 0.747. The van der Waals surface area contributed by atoms with Crippen molar-refractivity contribution < 1.29 is 18.3 Å². The number of unbranched alkanes of at least 4 members (excludes halogenated alkanes) is 1. The highest BCUT2D eigenvalue weighted by Crippen LogP contribution is 2.18. The van der Waals surface area contributed by atoms with Crippen molar-refractivity contribution in [3.8, 4) is 0 Å². The van der Waals surface area contributed by atoms with Crippen molar-refractivity contribution >= 4 is 27.6 Å². The Balaban J connectivity index is 2.95. The van der Waals surface area contributed by atoms with Gasteiger partial charge in [-0.1, -0.05) is 31.4 Å². The third-order valence-corrected chi connectivity index (χ3v) is 4.37. The Morgan fingerprint density at radius 1 is 1.58 bits per heavy atom. The van der Waals surface area contributed by atoms with Gasteiger partial charge in [0, 0.05) is 6.20 Å². The second-order valence-electron chi connectivity index (χ2n) is 3.95. The largest absolute Gasteiger partial charge is 0.480 e. The van der Waals surface area contributed by atoms with Crippen LogP contribution in [0.25, 0.3) is 0 Å². The number of halogens is 1. The lowest BCUT2D eigenvalue weighted by Crippen LogP contribution is -2.40. The minimum atomic E-state index is -3.99. The molecule has 1 aromatic rings. The van der Waals surface area contributed by atoms with E-state index < -0.39 is 22.0 Å². The smallest absolute Gasteiger partial charge is 0.321 e. The Kier molecular flexibility index (Phi) is 5.71. The van der Waals surface area contributed by atoms with Crippen molar-refractivity contribution in [1.29, 1.82) is 0 Å². The van der Waals surface area contributed by atoms with Crippen LogP contribution in [0.3, 0.4) is 0 Å². The molecule has 1 atom stereocenters. The van der Waals surface area contributed by atoms with Crippen LogP contribution in [-0.4, -0.2) is 30.5 Å². The predicted octanol–water partition coefficient (Wildman–Crippen LogP) is 1.66. The van der Waals surface area contributed by atoms with Gasteiger partial charge in [0.2, 0.25) is 10.0 Å². The van der Waals surface area contributed by atoms with Crippen molar-refractivity contribution in [2.45, 2.75) is 37.1 Å². The van der Waals surface area contributed by atoms with Gasteiger partial charge < -0.3 is 5.11 Å². The highest BCUT2D eigenvalue weighted by Gasteiger charge is 2.26. The molecular weight excluding hydrogens is 292 g/mol. The zero-order chi connectivity index (χ0) is 14.5. The molecule has 19 heavy (non-hydrogen) atoms. The van der Waals surface area contributed by atoms with Crippen LogP contribution in [0, 0.1) is 0 Å². The molecule has 0 aliphatic heterocycles. The first kappa shape index (κ1) is 15.9. The summed E-state index contributed by atoms with van der Waals surface area (Å²) in [5, 5.41) is 8.82. The molecule has 0 bridgehead atoms. The van der Waals surface area contributed by atoms with Crippen LogP contribution >= 0.6 is 11.6 Å². The van der Waals surface area contributed by atoms with Crippen LogP contribution in [0.15, 0.2) is 23.2 Å². The molecule has 0 saturated carbocycles. The van der Waals surface area contributed by atoms with Crippen molar-refractivity contribution in [3.63, 3.8) is 0 Å². The van der Waals surface area contributed by atoms with E-state index in [1.807, 2.05) is 6.92 Å². The SMILES string of the molecule is CCCC[C@H](NS(=O)(=O)c1cccnc1Cl)C(=O)O. The normalized spacial score (nSPS) is 13.2. The number of nitrogens with one attached hydrogen (secondary N) is 1. The lowest BCUT2D eigenvalue weighted by Gasteiger charge is -2.14. The van der Waals surface area contributed by atoms with Gasteiger partial charge in [-0.25, -0.2) is 13.4 Å². The number of pyridine rings is 1. The number of aromatic nitrogens is 1. The molecule has 1 rings (SSSR count). The summed E-state index contributed by atoms with van der Waals surface area (Å²) in [6, 6.07) is 1.53. The van der Waals surface area contributed by atoms with Gasteiger partial charge in [0.05, 0.1) is 0 Å². The van der Waals surface area contributed by atoms with Crippen LogP contribution in [0.1, 0.15) is 26.2 Å². The molecule has 0 saturated heterocycles. The van der Waals surface area contributed by atoms with Gasteiger partial charge in [0.25, 0.3) is 0 Å². The number of hydrogen-bond donors (Lipinski definition) is 2. The van der Waals surface area contributed by atoms with E-state index in [0.29, 0.717) is 6.42 Å². The molecule has 0 unspecified atom stereocenters. The van der Waals surface area contributed by atoms with E-state index in [0.717, 1.165) is 6.42 Å². The highest BCUT2D eigenvalue weighted by atomic mass is 35.5. The van der Waals surface area contributed by atoms with E-state index in [1.165, 1.54) is 18.3 Å². The molecule has 2 N–H and O–H groups in total. The molecule has 0 aliphatic rings. The number of rotatable bonds is 7. The maximum absolute atomic E-state index is 12.0. The molecular formula is C11H15ClN2O4S. The fraction of sp³-hybridized carbons (Fsp3) is 0.455. The number of carbonyl (C=O) groups is 1. The number of carboxylic acid groups (broad SMARTS) is 1. The lowest BCUT2D eigenvalue weighted by atomic mass is 10.1. The maximum Gasteiger partial charge on any atom is 0.321 e. The van der Waals surface area contributed by atoms with Crippen LogP contribution in [-0.2, 0) is 14.8 Å². The van der Waals surface area contributed by atoms with E-state index >= 15 is 0 Å². The molecule has 6 nitrogen and oxygen atoms in total. The van der Waals surface area contributed by atoms with E-state index in [2.05, 4.69) is 9.71 Å². The molecule has 0 spiro atoms. The van der Waals surface area contributed by atoms with Gasteiger partial charge in [-0.15, -0.1) is 0 Å². The van der Waals surface area contributed by atoms with Crippen molar-refractivity contribution in [3.05, 3.63) is 23.5 Å². The summed E-state index contributed by atoms with van der Waals surface area (Å²) in [4.78, 5) is 14.5. The van der Waals surface area contributed by atoms with Crippen LogP contribution < -0.4 is 4.72 Å². The fourth-order valence-corrected chi connectivity index (χ4v) is 3.14. The molecule has 106 valence electrons. The molecule has 0 amide bonds. The van der Waals surface area contributed by atoms with Crippen LogP contribution in [0.2, 0.25) is 5.15 Å². The van der Waals surface area contributed by atoms with Gasteiger partial charge in [-0.05, 0) is 18.6 Å². The van der Waals surface area contributed by atoms with Crippen LogP contribution in [0.5, 0.6) is 0 Å². The second kappa shape index (κ2) is 6.83. The predicted molar refractivity (Wildman–Crippen MR) is 70.5 cm³/mol. The molecule has 0 aromatic carbocycles. The fourth-order valence-electron chi connectivity index (χ4n) is 1.46. The number of carboxylic acids is 1. The average molecular weight is 307 g/mol. The maximum atomic E-state index is 12.0. The Morgan fingerprint density at radius 2 is 2.26 bits per heavy atom. The summed E-state index contributed by atoms with van der Waals surface area (Å²) in [5.74, 6) is -1.21. The first-order valence-corrected chi connectivity index (χ1v) is 7.60. The molecule has 0 fully saturated rings. The number of hydrogen-bond acceptors (Lipinski definition) is 4. The number of aliphatic carboxylic acids is 1. The van der Waals surface area contributed by atoms with E-state index in [-0.39, 0.29) is 16.5 Å². The van der Waals surface area contributed by atoms with E-state index in [4.69, 9.17) is 16.7 Å². The van der Waals surface area contributed by atoms with Crippen molar-refractivity contribution in [2.24, 2.45) is 0 Å². The minimum Gasteiger partial charge on any atom is -0.480 e. The Hall–Kier alpha value is -1.18. The summed E-state index contributed by atoms with van der Waals surface area (Å²) in [6.07, 6.45) is 2.97. The first-order chi connectivity index (χ1) is 8.88. The zero-order valence-corrected chi connectivity index (χ0v) is 11.9. The summed E-state index contributed by atoms with van der Waals surface area (Å²) in [5.41, 5.74) is 0. The van der Waals surface area contributed by atoms with Gasteiger partial charge in [-0.3, -0.25) is 4.79 Å². The highest BCUT2D eigenvalue weighted by molar-refractivity contribution is 7.89. The van der Waals surface area contributed by atoms with Crippen LogP contribution in [0.4, 0.5) is 0 Å². The molecule has 0 aliphatic carbocycles. The lowest BCUT2D eigenvalue weighted by molar-refractivity contribution is -0.139. The average Bonchev–Trinajstić information content (AvgIpc) is 2.34.